The van der Waals surface area contributed by atoms with Crippen molar-refractivity contribution in [2.75, 3.05) is 20.2 Å². The van der Waals surface area contributed by atoms with E-state index in [0.717, 1.165) is 25.9 Å². The fourth-order valence-electron chi connectivity index (χ4n) is 1.17. The molecule has 0 aromatic rings. The van der Waals surface area contributed by atoms with Crippen molar-refractivity contribution in [3.05, 3.63) is 5.21 Å². The van der Waals surface area contributed by atoms with Gasteiger partial charge in [-0.05, 0) is 19.3 Å². The minimum atomic E-state index is 0.527. The van der Waals surface area contributed by atoms with Crippen LogP contribution in [0.5, 0.6) is 0 Å². The number of nitrogens with zero attached hydrogens (tertiary/aromatic N) is 3. The molecule has 0 aromatic carbocycles. The number of hydrogen-bond donors (Lipinski definition) is 0. The van der Waals surface area contributed by atoms with Gasteiger partial charge >= 0.3 is 0 Å². The van der Waals surface area contributed by atoms with Crippen LogP contribution in [0.1, 0.15) is 19.3 Å². The molecule has 0 amide bonds. The predicted molar refractivity (Wildman–Crippen MR) is 38.5 cm³/mol. The van der Waals surface area contributed by atoms with Crippen molar-refractivity contribution in [2.24, 2.45) is 5.28 Å². The largest absolute Gasteiger partial charge is 0.569 e. The van der Waals surface area contributed by atoms with E-state index in [1.807, 2.05) is 0 Å². The van der Waals surface area contributed by atoms with Gasteiger partial charge in [0, 0.05) is 0 Å². The van der Waals surface area contributed by atoms with Crippen molar-refractivity contribution in [2.45, 2.75) is 19.3 Å². The second-order valence-electron chi connectivity index (χ2n) is 2.53. The number of hydrazine groups is 1. The Kier molecular flexibility index (Phi) is 2.95. The third-order valence-electron chi connectivity index (χ3n) is 1.73. The molecule has 1 heterocycles. The second-order valence-corrected chi connectivity index (χ2v) is 2.53. The molecule has 11 heavy (non-hydrogen) atoms. The summed E-state index contributed by atoms with van der Waals surface area (Å²) in [7, 11) is 1.37. The summed E-state index contributed by atoms with van der Waals surface area (Å²) in [4.78, 5) is 4.88. The molecule has 0 N–H and O–H groups in total. The highest BCUT2D eigenvalue weighted by Gasteiger charge is 2.15. The molecule has 0 aromatic heterocycles. The molecule has 1 fully saturated rings. The summed E-state index contributed by atoms with van der Waals surface area (Å²) >= 11 is 0. The van der Waals surface area contributed by atoms with Crippen LogP contribution in [0.25, 0.3) is 0 Å². The molecule has 0 unspecified atom stereocenters. The Morgan fingerprint density at radius 1 is 1.36 bits per heavy atom. The van der Waals surface area contributed by atoms with Crippen LogP contribution in [-0.2, 0) is 4.84 Å². The highest BCUT2D eigenvalue weighted by atomic mass is 16.7. The Bertz CT molecular complexity index is 143. The summed E-state index contributed by atoms with van der Waals surface area (Å²) in [6.07, 6.45) is 3.34. The number of hydrogen-bond acceptors (Lipinski definition) is 3. The average molecular weight is 159 g/mol. The van der Waals surface area contributed by atoms with Crippen molar-refractivity contribution >= 4 is 0 Å². The van der Waals surface area contributed by atoms with Crippen molar-refractivity contribution in [3.63, 3.8) is 0 Å². The van der Waals surface area contributed by atoms with E-state index in [-0.39, 0.29) is 0 Å². The molecule has 1 saturated heterocycles. The van der Waals surface area contributed by atoms with Crippen LogP contribution in [0.3, 0.4) is 0 Å². The predicted octanol–water partition coefficient (Wildman–Crippen LogP) is 0.911. The zero-order valence-corrected chi connectivity index (χ0v) is 6.69. The van der Waals surface area contributed by atoms with Crippen molar-refractivity contribution in [1.29, 1.82) is 0 Å². The van der Waals surface area contributed by atoms with Gasteiger partial charge in [-0.25, -0.2) is 0 Å². The van der Waals surface area contributed by atoms with Crippen LogP contribution < -0.4 is 0 Å². The molecule has 1 rings (SSSR count). The Labute approximate surface area is 65.8 Å². The lowest BCUT2D eigenvalue weighted by Crippen LogP contribution is -2.35. The Morgan fingerprint density at radius 2 is 2.00 bits per heavy atom. The van der Waals surface area contributed by atoms with Gasteiger partial charge in [-0.1, -0.05) is 0 Å². The third kappa shape index (κ3) is 2.25. The fraction of sp³-hybridized carbons (Fsp3) is 1.00. The van der Waals surface area contributed by atoms with Gasteiger partial charge in [-0.3, -0.25) is 0 Å². The molecule has 0 spiro atoms. The lowest BCUT2D eigenvalue weighted by molar-refractivity contribution is -0.712. The van der Waals surface area contributed by atoms with Crippen molar-refractivity contribution in [3.8, 4) is 0 Å². The molecule has 1 aliphatic rings. The maximum Gasteiger partial charge on any atom is 0.232 e. The van der Waals surface area contributed by atoms with E-state index in [2.05, 4.69) is 10.1 Å². The molecule has 5 heteroatoms. The minimum absolute atomic E-state index is 0.527. The molecule has 0 radical (unpaired) electrons. The van der Waals surface area contributed by atoms with Gasteiger partial charge in [0.15, 0.2) is 0 Å². The topological polar surface area (TPSA) is 50.9 Å². The SMILES string of the molecule is CO/N=[N+](\[O-])N1CCCCC1. The zero-order chi connectivity index (χ0) is 8.10. The summed E-state index contributed by atoms with van der Waals surface area (Å²) in [5.74, 6) is 0. The van der Waals surface area contributed by atoms with E-state index >= 15 is 0 Å². The maximum atomic E-state index is 10.9. The molecular weight excluding hydrogens is 146 g/mol. The van der Waals surface area contributed by atoms with E-state index < -0.39 is 0 Å². The summed E-state index contributed by atoms with van der Waals surface area (Å²) in [6, 6.07) is 0. The van der Waals surface area contributed by atoms with Gasteiger partial charge in [-0.15, -0.1) is 5.01 Å². The van der Waals surface area contributed by atoms with Gasteiger partial charge in [0.1, 0.15) is 7.11 Å². The lowest BCUT2D eigenvalue weighted by atomic mass is 10.2. The summed E-state index contributed by atoms with van der Waals surface area (Å²) in [6.45, 7) is 1.58. The normalized spacial score (nSPS) is 20.1. The minimum Gasteiger partial charge on any atom is -0.569 e. The molecule has 0 bridgehead atoms. The molecule has 5 nitrogen and oxygen atoms in total. The van der Waals surface area contributed by atoms with Crippen LogP contribution in [0.15, 0.2) is 5.28 Å². The van der Waals surface area contributed by atoms with E-state index in [4.69, 9.17) is 0 Å². The highest BCUT2D eigenvalue weighted by Crippen LogP contribution is 2.08. The van der Waals surface area contributed by atoms with Gasteiger partial charge in [0.05, 0.1) is 18.1 Å². The Hall–Kier alpha value is -1.00. The van der Waals surface area contributed by atoms with Crippen molar-refractivity contribution < 1.29 is 9.81 Å². The quantitative estimate of drug-likeness (QED) is 0.342. The third-order valence-corrected chi connectivity index (χ3v) is 1.73. The molecule has 0 aliphatic carbocycles. The molecule has 0 atom stereocenters. The van der Waals surface area contributed by atoms with Crippen molar-refractivity contribution in [1.82, 2.24) is 5.01 Å². The highest BCUT2D eigenvalue weighted by molar-refractivity contribution is 4.54. The van der Waals surface area contributed by atoms with E-state index in [1.165, 1.54) is 13.5 Å². The Morgan fingerprint density at radius 3 is 2.55 bits per heavy atom. The second kappa shape index (κ2) is 4.00. The molecule has 0 saturated carbocycles. The van der Waals surface area contributed by atoms with Gasteiger partial charge in [-0.2, -0.15) is 0 Å². The average Bonchev–Trinajstić information content (AvgIpc) is 2.07. The first kappa shape index (κ1) is 8.10. The Balaban J connectivity index is 2.38. The summed E-state index contributed by atoms with van der Waals surface area (Å²) < 4.78 is 0. The van der Waals surface area contributed by atoms with Crippen LogP contribution in [0, 0.1) is 5.21 Å². The zero-order valence-electron chi connectivity index (χ0n) is 6.69. The first-order chi connectivity index (χ1) is 5.34. The summed E-state index contributed by atoms with van der Waals surface area (Å²) in [5.41, 5.74) is 0. The maximum absolute atomic E-state index is 10.9. The van der Waals surface area contributed by atoms with Crippen LogP contribution >= 0.6 is 0 Å². The smallest absolute Gasteiger partial charge is 0.232 e. The number of piperidine rings is 1. The number of rotatable bonds is 2. The monoisotopic (exact) mass is 159 g/mol. The first-order valence-corrected chi connectivity index (χ1v) is 3.81. The van der Waals surface area contributed by atoms with Gasteiger partial charge in [0.2, 0.25) is 5.28 Å². The van der Waals surface area contributed by atoms with Crippen LogP contribution in [0.4, 0.5) is 0 Å². The molecule has 1 aliphatic heterocycles. The molecular formula is C6H13N3O2. The summed E-state index contributed by atoms with van der Waals surface area (Å²) in [5, 5.41) is 15.8. The fourth-order valence-corrected chi connectivity index (χ4v) is 1.17. The first-order valence-electron chi connectivity index (χ1n) is 3.81. The standard InChI is InChI=1S/C6H13N3O2/c1-11-7-9(10)8-5-3-2-4-6-8/h2-6H2,1H3/b9-7-. The van der Waals surface area contributed by atoms with E-state index in [0.29, 0.717) is 4.97 Å². The lowest BCUT2D eigenvalue weighted by Gasteiger charge is -2.21. The van der Waals surface area contributed by atoms with Crippen LogP contribution in [-0.4, -0.2) is 30.2 Å². The van der Waals surface area contributed by atoms with E-state index in [1.54, 1.807) is 5.01 Å². The van der Waals surface area contributed by atoms with E-state index in [9.17, 15) is 5.21 Å². The van der Waals surface area contributed by atoms with Gasteiger partial charge in [0.25, 0.3) is 0 Å². The van der Waals surface area contributed by atoms with Crippen LogP contribution in [0.2, 0.25) is 0 Å². The molecule has 64 valence electrons. The van der Waals surface area contributed by atoms with Gasteiger partial charge < -0.3 is 10.0 Å².